The first-order chi connectivity index (χ1) is 10.2. The van der Waals surface area contributed by atoms with Crippen molar-refractivity contribution in [1.82, 2.24) is 14.8 Å². The molecule has 0 unspecified atom stereocenters. The van der Waals surface area contributed by atoms with Gasteiger partial charge in [-0.2, -0.15) is 0 Å². The van der Waals surface area contributed by atoms with Crippen molar-refractivity contribution in [2.24, 2.45) is 5.92 Å². The van der Waals surface area contributed by atoms with E-state index in [-0.39, 0.29) is 5.75 Å². The second-order valence-electron chi connectivity index (χ2n) is 5.51. The van der Waals surface area contributed by atoms with Crippen molar-refractivity contribution >= 4 is 23.7 Å². The summed E-state index contributed by atoms with van der Waals surface area (Å²) in [5.74, 6) is 0.894. The number of rotatable bonds is 10. The third-order valence-electron chi connectivity index (χ3n) is 3.42. The summed E-state index contributed by atoms with van der Waals surface area (Å²) in [6.07, 6.45) is 4.67. The molecule has 1 aromatic heterocycles. The van der Waals surface area contributed by atoms with Crippen LogP contribution in [0.15, 0.2) is 5.16 Å². The van der Waals surface area contributed by atoms with Gasteiger partial charge in [-0.05, 0) is 31.6 Å². The molecular formula is C14H24N4O2S. The van der Waals surface area contributed by atoms with E-state index in [0.717, 1.165) is 44.3 Å². The van der Waals surface area contributed by atoms with Crippen LogP contribution in [-0.4, -0.2) is 44.7 Å². The molecule has 0 radical (unpaired) electrons. The van der Waals surface area contributed by atoms with Gasteiger partial charge in [0.15, 0.2) is 5.16 Å². The molecule has 2 rings (SSSR count). The number of carboxylic acid groups (broad SMARTS) is 1. The van der Waals surface area contributed by atoms with E-state index in [0.29, 0.717) is 5.16 Å². The standard InChI is InChI=1S/C14H24N4O2S/c1-3-7-17(9-11-5-6-11)13-15-16-14(18(13)8-4-2)21-10-12(19)20/h11H,3-10H2,1-2H3,(H,19,20). The van der Waals surface area contributed by atoms with Crippen molar-refractivity contribution in [3.63, 3.8) is 0 Å². The minimum Gasteiger partial charge on any atom is -0.481 e. The molecule has 0 atom stereocenters. The normalized spacial score (nSPS) is 14.4. The van der Waals surface area contributed by atoms with Gasteiger partial charge in [-0.25, -0.2) is 0 Å². The molecule has 21 heavy (non-hydrogen) atoms. The third kappa shape index (κ3) is 4.62. The van der Waals surface area contributed by atoms with Crippen molar-refractivity contribution in [3.05, 3.63) is 0 Å². The van der Waals surface area contributed by atoms with Crippen LogP contribution in [0.2, 0.25) is 0 Å². The third-order valence-corrected chi connectivity index (χ3v) is 4.37. The number of carbonyl (C=O) groups is 1. The van der Waals surface area contributed by atoms with Crippen LogP contribution in [0.3, 0.4) is 0 Å². The highest BCUT2D eigenvalue weighted by Crippen LogP contribution is 2.32. The summed E-state index contributed by atoms with van der Waals surface area (Å²) in [5.41, 5.74) is 0. The largest absolute Gasteiger partial charge is 0.481 e. The molecule has 1 aliphatic rings. The summed E-state index contributed by atoms with van der Waals surface area (Å²) >= 11 is 1.25. The lowest BCUT2D eigenvalue weighted by atomic mass is 10.3. The van der Waals surface area contributed by atoms with E-state index in [1.165, 1.54) is 24.6 Å². The zero-order chi connectivity index (χ0) is 15.2. The van der Waals surface area contributed by atoms with Gasteiger partial charge >= 0.3 is 5.97 Å². The Morgan fingerprint density at radius 3 is 2.71 bits per heavy atom. The number of aromatic nitrogens is 3. The van der Waals surface area contributed by atoms with E-state index in [1.807, 2.05) is 0 Å². The minimum absolute atomic E-state index is 0.0260. The SMILES string of the molecule is CCCN(CC1CC1)c1nnc(SCC(=O)O)n1CCC. The van der Waals surface area contributed by atoms with Crippen molar-refractivity contribution in [3.8, 4) is 0 Å². The number of hydrogen-bond donors (Lipinski definition) is 1. The highest BCUT2D eigenvalue weighted by atomic mass is 32.2. The first kappa shape index (κ1) is 16.1. The quantitative estimate of drug-likeness (QED) is 0.669. The van der Waals surface area contributed by atoms with Gasteiger partial charge in [-0.15, -0.1) is 10.2 Å². The van der Waals surface area contributed by atoms with Gasteiger partial charge in [-0.3, -0.25) is 9.36 Å². The molecular weight excluding hydrogens is 288 g/mol. The van der Waals surface area contributed by atoms with Crippen LogP contribution in [-0.2, 0) is 11.3 Å². The molecule has 0 amide bonds. The topological polar surface area (TPSA) is 71.2 Å². The molecule has 7 heteroatoms. The van der Waals surface area contributed by atoms with Crippen LogP contribution in [0.5, 0.6) is 0 Å². The average Bonchev–Trinajstić information content (AvgIpc) is 3.17. The van der Waals surface area contributed by atoms with Gasteiger partial charge in [0.05, 0.1) is 5.75 Å². The maximum Gasteiger partial charge on any atom is 0.313 e. The highest BCUT2D eigenvalue weighted by Gasteiger charge is 2.27. The summed E-state index contributed by atoms with van der Waals surface area (Å²) in [6.45, 7) is 7.12. The molecule has 1 aliphatic carbocycles. The summed E-state index contributed by atoms with van der Waals surface area (Å²) in [7, 11) is 0. The van der Waals surface area contributed by atoms with E-state index in [9.17, 15) is 4.79 Å². The zero-order valence-corrected chi connectivity index (χ0v) is 13.6. The van der Waals surface area contributed by atoms with Crippen molar-refractivity contribution in [2.45, 2.75) is 51.2 Å². The Morgan fingerprint density at radius 2 is 2.14 bits per heavy atom. The van der Waals surface area contributed by atoms with Gasteiger partial charge in [0.1, 0.15) is 0 Å². The van der Waals surface area contributed by atoms with Crippen molar-refractivity contribution in [2.75, 3.05) is 23.7 Å². The summed E-state index contributed by atoms with van der Waals surface area (Å²) in [4.78, 5) is 13.1. The molecule has 0 aromatic carbocycles. The smallest absolute Gasteiger partial charge is 0.313 e. The Labute approximate surface area is 129 Å². The van der Waals surface area contributed by atoms with Crippen LogP contribution in [0, 0.1) is 5.92 Å². The second-order valence-corrected chi connectivity index (χ2v) is 6.45. The predicted octanol–water partition coefficient (Wildman–Crippen LogP) is 2.49. The lowest BCUT2D eigenvalue weighted by Gasteiger charge is -2.23. The summed E-state index contributed by atoms with van der Waals surface area (Å²) < 4.78 is 2.08. The van der Waals surface area contributed by atoms with E-state index >= 15 is 0 Å². The molecule has 1 heterocycles. The molecule has 0 saturated heterocycles. The predicted molar refractivity (Wildman–Crippen MR) is 83.9 cm³/mol. The number of hydrogen-bond acceptors (Lipinski definition) is 5. The highest BCUT2D eigenvalue weighted by molar-refractivity contribution is 7.99. The number of carboxylic acids is 1. The molecule has 118 valence electrons. The number of anilines is 1. The van der Waals surface area contributed by atoms with Crippen LogP contribution in [0.25, 0.3) is 0 Å². The lowest BCUT2D eigenvalue weighted by Crippen LogP contribution is -2.29. The van der Waals surface area contributed by atoms with E-state index in [4.69, 9.17) is 5.11 Å². The summed E-state index contributed by atoms with van der Waals surface area (Å²) in [6, 6.07) is 0. The second kappa shape index (κ2) is 7.68. The van der Waals surface area contributed by atoms with Gasteiger partial charge in [-0.1, -0.05) is 25.6 Å². The minimum atomic E-state index is -0.823. The molecule has 0 bridgehead atoms. The fourth-order valence-corrected chi connectivity index (χ4v) is 3.00. The van der Waals surface area contributed by atoms with Gasteiger partial charge < -0.3 is 10.0 Å². The lowest BCUT2D eigenvalue weighted by molar-refractivity contribution is -0.133. The first-order valence-corrected chi connectivity index (χ1v) is 8.67. The Bertz CT molecular complexity index is 474. The van der Waals surface area contributed by atoms with Crippen LogP contribution in [0.1, 0.15) is 39.5 Å². The molecule has 1 fully saturated rings. The van der Waals surface area contributed by atoms with Crippen molar-refractivity contribution in [1.29, 1.82) is 0 Å². The maximum atomic E-state index is 10.8. The number of thioether (sulfide) groups is 1. The maximum absolute atomic E-state index is 10.8. The molecule has 0 spiro atoms. The molecule has 0 aliphatic heterocycles. The zero-order valence-electron chi connectivity index (χ0n) is 12.8. The van der Waals surface area contributed by atoms with Crippen LogP contribution < -0.4 is 4.90 Å². The van der Waals surface area contributed by atoms with E-state index in [1.54, 1.807) is 0 Å². The fourth-order valence-electron chi connectivity index (χ4n) is 2.32. The summed E-state index contributed by atoms with van der Waals surface area (Å²) in [5, 5.41) is 18.1. The Morgan fingerprint density at radius 1 is 1.38 bits per heavy atom. The number of nitrogens with zero attached hydrogens (tertiary/aromatic N) is 4. The van der Waals surface area contributed by atoms with Gasteiger partial charge in [0, 0.05) is 19.6 Å². The molecule has 6 nitrogen and oxygen atoms in total. The van der Waals surface area contributed by atoms with Gasteiger partial charge in [0.25, 0.3) is 0 Å². The molecule has 1 aromatic rings. The number of aliphatic carboxylic acids is 1. The monoisotopic (exact) mass is 312 g/mol. The van der Waals surface area contributed by atoms with E-state index in [2.05, 4.69) is 33.5 Å². The fraction of sp³-hybridized carbons (Fsp3) is 0.786. The van der Waals surface area contributed by atoms with Crippen molar-refractivity contribution < 1.29 is 9.90 Å². The van der Waals surface area contributed by atoms with E-state index < -0.39 is 5.97 Å². The van der Waals surface area contributed by atoms with Gasteiger partial charge in [0.2, 0.25) is 5.95 Å². The Balaban J connectivity index is 2.16. The molecule has 1 N–H and O–H groups in total. The Kier molecular flexibility index (Phi) is 5.90. The first-order valence-electron chi connectivity index (χ1n) is 7.68. The van der Waals surface area contributed by atoms with Crippen LogP contribution >= 0.6 is 11.8 Å². The van der Waals surface area contributed by atoms with Crippen LogP contribution in [0.4, 0.5) is 5.95 Å². The molecule has 1 saturated carbocycles. The average molecular weight is 312 g/mol. The Hall–Kier alpha value is -1.24.